The van der Waals surface area contributed by atoms with Crippen molar-refractivity contribution in [2.45, 2.75) is 17.9 Å². The van der Waals surface area contributed by atoms with Crippen LogP contribution in [0.2, 0.25) is 5.02 Å². The minimum atomic E-state index is -3.82. The van der Waals surface area contributed by atoms with Gasteiger partial charge in [0.1, 0.15) is 11.9 Å². The Kier molecular flexibility index (Phi) is 5.78. The van der Waals surface area contributed by atoms with E-state index in [0.29, 0.717) is 23.9 Å². The van der Waals surface area contributed by atoms with E-state index in [0.717, 1.165) is 5.69 Å². The molecule has 10 heteroatoms. The molecule has 1 saturated heterocycles. The highest BCUT2D eigenvalue weighted by molar-refractivity contribution is 7.89. The summed E-state index contributed by atoms with van der Waals surface area (Å²) in [5.41, 5.74) is 0.600. The van der Waals surface area contributed by atoms with Gasteiger partial charge in [-0.2, -0.15) is 0 Å². The molecule has 2 aromatic rings. The van der Waals surface area contributed by atoms with Gasteiger partial charge in [0, 0.05) is 23.8 Å². The highest BCUT2D eigenvalue weighted by atomic mass is 35.5. The van der Waals surface area contributed by atoms with E-state index in [9.17, 15) is 18.0 Å². The van der Waals surface area contributed by atoms with E-state index in [1.807, 2.05) is 0 Å². The third kappa shape index (κ3) is 4.54. The molecule has 0 spiro atoms. The normalized spacial score (nSPS) is 14.6. The fourth-order valence-corrected chi connectivity index (χ4v) is 3.97. The van der Waals surface area contributed by atoms with Gasteiger partial charge in [-0.15, -0.1) is 0 Å². The number of halogens is 1. The summed E-state index contributed by atoms with van der Waals surface area (Å²) in [6, 6.07) is 8.96. The van der Waals surface area contributed by atoms with Crippen LogP contribution in [-0.4, -0.2) is 49.5 Å². The van der Waals surface area contributed by atoms with Gasteiger partial charge in [0.25, 0.3) is 5.56 Å². The number of ether oxygens (including phenoxy) is 1. The van der Waals surface area contributed by atoms with E-state index in [1.165, 1.54) is 33.7 Å². The van der Waals surface area contributed by atoms with Crippen molar-refractivity contribution in [2.24, 2.45) is 7.05 Å². The van der Waals surface area contributed by atoms with Crippen molar-refractivity contribution in [2.75, 3.05) is 19.6 Å². The number of amides is 1. The second-order valence-corrected chi connectivity index (χ2v) is 8.75. The van der Waals surface area contributed by atoms with Crippen LogP contribution in [0.25, 0.3) is 0 Å². The van der Waals surface area contributed by atoms with Crippen molar-refractivity contribution >= 4 is 27.5 Å². The van der Waals surface area contributed by atoms with Crippen LogP contribution in [0.1, 0.15) is 5.69 Å². The standard InChI is InChI=1S/C18H20ClN3O5S/c1-12-6-14(8-17(23)21(12)2)27-15-10-22(11-15)18(24)9-20-28(25,26)16-5-3-4-13(19)7-16/h3-8,15,20H,9-11H2,1-2H3. The highest BCUT2D eigenvalue weighted by Gasteiger charge is 2.32. The lowest BCUT2D eigenvalue weighted by Gasteiger charge is -2.39. The Bertz CT molecular complexity index is 1060. The first kappa shape index (κ1) is 20.4. The molecule has 1 aromatic carbocycles. The summed E-state index contributed by atoms with van der Waals surface area (Å²) < 4.78 is 33.9. The number of pyridine rings is 1. The number of nitrogens with zero attached hydrogens (tertiary/aromatic N) is 2. The van der Waals surface area contributed by atoms with Gasteiger partial charge < -0.3 is 14.2 Å². The summed E-state index contributed by atoms with van der Waals surface area (Å²) in [6.45, 7) is 2.10. The zero-order valence-electron chi connectivity index (χ0n) is 15.4. The average Bonchev–Trinajstić information content (AvgIpc) is 2.60. The first-order chi connectivity index (χ1) is 13.2. The van der Waals surface area contributed by atoms with Gasteiger partial charge in [0.2, 0.25) is 15.9 Å². The molecule has 0 bridgehead atoms. The molecule has 150 valence electrons. The molecular formula is C18H20ClN3O5S. The molecule has 1 amide bonds. The number of sulfonamides is 1. The maximum Gasteiger partial charge on any atom is 0.254 e. The number of nitrogens with one attached hydrogen (secondary N) is 1. The van der Waals surface area contributed by atoms with E-state index >= 15 is 0 Å². The van der Waals surface area contributed by atoms with E-state index < -0.39 is 10.0 Å². The molecule has 0 unspecified atom stereocenters. The lowest BCUT2D eigenvalue weighted by atomic mass is 10.1. The Hall–Kier alpha value is -2.36. The van der Waals surface area contributed by atoms with Crippen LogP contribution in [0.4, 0.5) is 0 Å². The number of likely N-dealkylation sites (tertiary alicyclic amines) is 1. The van der Waals surface area contributed by atoms with Crippen molar-refractivity contribution in [3.05, 3.63) is 57.5 Å². The Balaban J connectivity index is 1.51. The summed E-state index contributed by atoms with van der Waals surface area (Å²) >= 11 is 5.80. The van der Waals surface area contributed by atoms with Gasteiger partial charge in [-0.1, -0.05) is 17.7 Å². The Morgan fingerprint density at radius 1 is 1.29 bits per heavy atom. The van der Waals surface area contributed by atoms with Crippen LogP contribution in [0.15, 0.2) is 46.1 Å². The van der Waals surface area contributed by atoms with Crippen molar-refractivity contribution in [3.8, 4) is 5.75 Å². The quantitative estimate of drug-likeness (QED) is 0.742. The Labute approximate surface area is 167 Å². The molecule has 1 aliphatic rings. The van der Waals surface area contributed by atoms with Crippen molar-refractivity contribution < 1.29 is 17.9 Å². The number of carbonyl (C=O) groups is 1. The van der Waals surface area contributed by atoms with Crippen LogP contribution >= 0.6 is 11.6 Å². The summed E-state index contributed by atoms with van der Waals surface area (Å²) in [5.74, 6) is 0.102. The maximum absolute atomic E-state index is 12.2. The topological polar surface area (TPSA) is 97.7 Å². The van der Waals surface area contributed by atoms with Crippen LogP contribution < -0.4 is 15.0 Å². The van der Waals surface area contributed by atoms with Gasteiger partial charge in [-0.3, -0.25) is 9.59 Å². The van der Waals surface area contributed by atoms with Crippen molar-refractivity contribution in [1.82, 2.24) is 14.2 Å². The molecule has 8 nitrogen and oxygen atoms in total. The van der Waals surface area contributed by atoms with Crippen LogP contribution in [0, 0.1) is 6.92 Å². The Morgan fingerprint density at radius 3 is 2.64 bits per heavy atom. The zero-order chi connectivity index (χ0) is 20.5. The number of hydrogen-bond acceptors (Lipinski definition) is 5. The summed E-state index contributed by atoms with van der Waals surface area (Å²) in [4.78, 5) is 25.5. The molecule has 1 aromatic heterocycles. The van der Waals surface area contributed by atoms with Crippen LogP contribution in [-0.2, 0) is 21.9 Å². The minimum absolute atomic E-state index is 0.00125. The largest absolute Gasteiger partial charge is 0.486 e. The molecule has 0 atom stereocenters. The van der Waals surface area contributed by atoms with E-state index in [1.54, 1.807) is 26.1 Å². The summed E-state index contributed by atoms with van der Waals surface area (Å²) in [5, 5.41) is 0.294. The molecule has 0 saturated carbocycles. The first-order valence-electron chi connectivity index (χ1n) is 8.53. The fraction of sp³-hybridized carbons (Fsp3) is 0.333. The third-order valence-corrected chi connectivity index (χ3v) is 6.13. The number of hydrogen-bond donors (Lipinski definition) is 1. The molecule has 3 rings (SSSR count). The smallest absolute Gasteiger partial charge is 0.254 e. The predicted molar refractivity (Wildman–Crippen MR) is 104 cm³/mol. The molecule has 1 aliphatic heterocycles. The molecule has 2 heterocycles. The van der Waals surface area contributed by atoms with Gasteiger partial charge in [-0.25, -0.2) is 13.1 Å². The lowest BCUT2D eigenvalue weighted by molar-refractivity contribution is -0.138. The molecule has 0 radical (unpaired) electrons. The van der Waals surface area contributed by atoms with Crippen molar-refractivity contribution in [3.63, 3.8) is 0 Å². The second kappa shape index (κ2) is 7.94. The van der Waals surface area contributed by atoms with Gasteiger partial charge in [-0.05, 0) is 31.2 Å². The number of rotatable bonds is 6. The molecule has 1 N–H and O–H groups in total. The summed E-state index contributed by atoms with van der Waals surface area (Å²) in [6.07, 6.45) is -0.236. The molecule has 1 fully saturated rings. The SMILES string of the molecule is Cc1cc(OC2CN(C(=O)CNS(=O)(=O)c3cccc(Cl)c3)C2)cc(=O)n1C. The van der Waals surface area contributed by atoms with E-state index in [-0.39, 0.29) is 29.0 Å². The fourth-order valence-electron chi connectivity index (χ4n) is 2.70. The molecule has 28 heavy (non-hydrogen) atoms. The minimum Gasteiger partial charge on any atom is -0.486 e. The van der Waals surface area contributed by atoms with Crippen LogP contribution in [0.3, 0.4) is 0 Å². The number of aromatic nitrogens is 1. The predicted octanol–water partition coefficient (Wildman–Crippen LogP) is 0.915. The maximum atomic E-state index is 12.2. The average molecular weight is 426 g/mol. The van der Waals surface area contributed by atoms with Gasteiger partial charge >= 0.3 is 0 Å². The monoisotopic (exact) mass is 425 g/mol. The van der Waals surface area contributed by atoms with Crippen LogP contribution in [0.5, 0.6) is 5.75 Å². The second-order valence-electron chi connectivity index (χ2n) is 6.55. The summed E-state index contributed by atoms with van der Waals surface area (Å²) in [7, 11) is -2.15. The third-order valence-electron chi connectivity index (χ3n) is 4.50. The lowest BCUT2D eigenvalue weighted by Crippen LogP contribution is -2.58. The van der Waals surface area contributed by atoms with Gasteiger partial charge in [0.05, 0.1) is 24.5 Å². The zero-order valence-corrected chi connectivity index (χ0v) is 17.0. The first-order valence-corrected chi connectivity index (χ1v) is 10.4. The Morgan fingerprint density at radius 2 is 2.00 bits per heavy atom. The number of carbonyl (C=O) groups excluding carboxylic acids is 1. The van der Waals surface area contributed by atoms with E-state index in [2.05, 4.69) is 4.72 Å². The number of benzene rings is 1. The van der Waals surface area contributed by atoms with Gasteiger partial charge in [0.15, 0.2) is 0 Å². The van der Waals surface area contributed by atoms with E-state index in [4.69, 9.17) is 16.3 Å². The number of aryl methyl sites for hydroxylation is 1. The molecular weight excluding hydrogens is 406 g/mol. The molecule has 0 aliphatic carbocycles. The highest BCUT2D eigenvalue weighted by Crippen LogP contribution is 2.18. The van der Waals surface area contributed by atoms with Crippen molar-refractivity contribution in [1.29, 1.82) is 0 Å².